The van der Waals surface area contributed by atoms with Crippen LogP contribution in [0, 0.1) is 5.41 Å². The largest absolute Gasteiger partial charge is 0.356 e. The van der Waals surface area contributed by atoms with E-state index >= 15 is 0 Å². The van der Waals surface area contributed by atoms with Gasteiger partial charge in [-0.05, 0) is 18.3 Å². The van der Waals surface area contributed by atoms with Gasteiger partial charge in [0.15, 0.2) is 5.96 Å². The van der Waals surface area contributed by atoms with Crippen LogP contribution in [0.5, 0.6) is 0 Å². The summed E-state index contributed by atoms with van der Waals surface area (Å²) < 4.78 is 0. The van der Waals surface area contributed by atoms with Crippen molar-refractivity contribution < 1.29 is 0 Å². The fourth-order valence-electron chi connectivity index (χ4n) is 1.16. The molecule has 0 bridgehead atoms. The second kappa shape index (κ2) is 4.49. The molecule has 0 saturated carbocycles. The van der Waals surface area contributed by atoms with Gasteiger partial charge in [-0.1, -0.05) is 20.8 Å². The van der Waals surface area contributed by atoms with Crippen LogP contribution >= 0.6 is 0 Å². The van der Waals surface area contributed by atoms with Crippen LogP contribution in [0.25, 0.3) is 0 Å². The predicted octanol–water partition coefficient (Wildman–Crippen LogP) is 1.36. The lowest BCUT2D eigenvalue weighted by molar-refractivity contribution is 0.406. The quantitative estimate of drug-likeness (QED) is 0.644. The van der Waals surface area contributed by atoms with E-state index in [0.29, 0.717) is 5.41 Å². The summed E-state index contributed by atoms with van der Waals surface area (Å²) in [5, 5.41) is 6.63. The minimum absolute atomic E-state index is 0.316. The van der Waals surface area contributed by atoms with E-state index in [1.165, 1.54) is 12.8 Å². The van der Waals surface area contributed by atoms with Crippen molar-refractivity contribution in [2.24, 2.45) is 10.4 Å². The van der Waals surface area contributed by atoms with Crippen LogP contribution in [0.4, 0.5) is 0 Å². The topological polar surface area (TPSA) is 36.4 Å². The summed E-state index contributed by atoms with van der Waals surface area (Å²) in [4.78, 5) is 4.42. The highest BCUT2D eigenvalue weighted by Crippen LogP contribution is 2.10. The molecule has 0 saturated heterocycles. The van der Waals surface area contributed by atoms with Gasteiger partial charge in [0.2, 0.25) is 0 Å². The number of hydrogen-bond donors (Lipinski definition) is 2. The number of hydrogen-bond acceptors (Lipinski definition) is 3. The summed E-state index contributed by atoms with van der Waals surface area (Å²) in [7, 11) is 0. The Kier molecular flexibility index (Phi) is 3.58. The fourth-order valence-corrected chi connectivity index (χ4v) is 1.16. The maximum absolute atomic E-state index is 4.42. The summed E-state index contributed by atoms with van der Waals surface area (Å²) in [6.45, 7) is 9.64. The smallest absolute Gasteiger partial charge is 0.191 e. The molecule has 76 valence electrons. The van der Waals surface area contributed by atoms with Gasteiger partial charge in [0.1, 0.15) is 0 Å². The first-order valence-electron chi connectivity index (χ1n) is 5.10. The Morgan fingerprint density at radius 2 is 2.15 bits per heavy atom. The van der Waals surface area contributed by atoms with Crippen LogP contribution in [0.1, 0.15) is 33.6 Å². The molecule has 3 heteroatoms. The zero-order chi connectivity index (χ0) is 9.73. The monoisotopic (exact) mass is 183 g/mol. The Balaban J connectivity index is 2.30. The van der Waals surface area contributed by atoms with Gasteiger partial charge in [0, 0.05) is 19.6 Å². The first-order chi connectivity index (χ1) is 6.08. The molecule has 1 aliphatic rings. The van der Waals surface area contributed by atoms with Crippen molar-refractivity contribution in [2.45, 2.75) is 33.6 Å². The molecule has 1 heterocycles. The van der Waals surface area contributed by atoms with Gasteiger partial charge >= 0.3 is 0 Å². The van der Waals surface area contributed by atoms with E-state index < -0.39 is 0 Å². The van der Waals surface area contributed by atoms with Gasteiger partial charge < -0.3 is 10.6 Å². The van der Waals surface area contributed by atoms with Crippen molar-refractivity contribution in [3.63, 3.8) is 0 Å². The average molecular weight is 183 g/mol. The molecule has 13 heavy (non-hydrogen) atoms. The molecule has 0 radical (unpaired) electrons. The van der Waals surface area contributed by atoms with Crippen molar-refractivity contribution in [1.82, 2.24) is 10.6 Å². The molecule has 0 atom stereocenters. The molecule has 0 aromatic rings. The molecule has 3 nitrogen and oxygen atoms in total. The molecule has 2 N–H and O–H groups in total. The molecule has 0 aromatic heterocycles. The summed E-state index contributed by atoms with van der Waals surface area (Å²) in [6.07, 6.45) is 2.43. The second-order valence-electron chi connectivity index (χ2n) is 4.78. The van der Waals surface area contributed by atoms with E-state index in [1.807, 2.05) is 0 Å². The third kappa shape index (κ3) is 4.76. The van der Waals surface area contributed by atoms with Crippen LogP contribution in [0.15, 0.2) is 4.99 Å². The molecule has 1 aliphatic heterocycles. The normalized spacial score (nSPS) is 18.5. The van der Waals surface area contributed by atoms with Crippen LogP contribution in [-0.2, 0) is 0 Å². The highest BCUT2D eigenvalue weighted by Gasteiger charge is 2.11. The minimum Gasteiger partial charge on any atom is -0.356 e. The Bertz CT molecular complexity index is 179. The van der Waals surface area contributed by atoms with Crippen LogP contribution in [-0.4, -0.2) is 25.6 Å². The summed E-state index contributed by atoms with van der Waals surface area (Å²) in [5.41, 5.74) is 0.316. The Labute approximate surface area is 81.0 Å². The average Bonchev–Trinajstić information content (AvgIpc) is 2.26. The molecule has 0 aromatic carbocycles. The number of nitrogens with zero attached hydrogens (tertiary/aromatic N) is 1. The van der Waals surface area contributed by atoms with Crippen molar-refractivity contribution in [2.75, 3.05) is 19.6 Å². The first-order valence-corrected chi connectivity index (χ1v) is 5.10. The zero-order valence-corrected chi connectivity index (χ0v) is 8.98. The van der Waals surface area contributed by atoms with E-state index in [-0.39, 0.29) is 0 Å². The van der Waals surface area contributed by atoms with Gasteiger partial charge in [-0.25, -0.2) is 0 Å². The maximum atomic E-state index is 4.42. The maximum Gasteiger partial charge on any atom is 0.191 e. The number of nitrogens with one attached hydrogen (secondary N) is 2. The van der Waals surface area contributed by atoms with Gasteiger partial charge in [-0.2, -0.15) is 0 Å². The Hall–Kier alpha value is -0.730. The summed E-state index contributed by atoms with van der Waals surface area (Å²) in [5.74, 6) is 0.979. The van der Waals surface area contributed by atoms with Crippen molar-refractivity contribution in [1.29, 1.82) is 0 Å². The SMILES string of the molecule is CC(C)(C)CNC1=NCCCCN1. The zero-order valence-electron chi connectivity index (χ0n) is 8.98. The van der Waals surface area contributed by atoms with E-state index in [2.05, 4.69) is 36.4 Å². The van der Waals surface area contributed by atoms with Crippen LogP contribution in [0.2, 0.25) is 0 Å². The van der Waals surface area contributed by atoms with E-state index in [4.69, 9.17) is 0 Å². The summed E-state index contributed by atoms with van der Waals surface area (Å²) in [6, 6.07) is 0. The van der Waals surface area contributed by atoms with E-state index in [9.17, 15) is 0 Å². The first kappa shape index (κ1) is 10.4. The van der Waals surface area contributed by atoms with Gasteiger partial charge in [-0.15, -0.1) is 0 Å². The van der Waals surface area contributed by atoms with Crippen LogP contribution < -0.4 is 10.6 Å². The molecule has 0 spiro atoms. The highest BCUT2D eigenvalue weighted by molar-refractivity contribution is 5.79. The summed E-state index contributed by atoms with van der Waals surface area (Å²) >= 11 is 0. The van der Waals surface area contributed by atoms with E-state index in [1.54, 1.807) is 0 Å². The van der Waals surface area contributed by atoms with Gasteiger partial charge in [0.05, 0.1) is 0 Å². The lowest BCUT2D eigenvalue weighted by Gasteiger charge is -2.20. The van der Waals surface area contributed by atoms with Gasteiger partial charge in [-0.3, -0.25) is 4.99 Å². The van der Waals surface area contributed by atoms with Crippen molar-refractivity contribution in [3.05, 3.63) is 0 Å². The van der Waals surface area contributed by atoms with Crippen LogP contribution in [0.3, 0.4) is 0 Å². The second-order valence-corrected chi connectivity index (χ2v) is 4.78. The van der Waals surface area contributed by atoms with Crippen molar-refractivity contribution >= 4 is 5.96 Å². The third-order valence-corrected chi connectivity index (χ3v) is 1.93. The minimum atomic E-state index is 0.316. The molecule has 1 rings (SSSR count). The van der Waals surface area contributed by atoms with E-state index in [0.717, 1.165) is 25.6 Å². The Morgan fingerprint density at radius 3 is 2.85 bits per heavy atom. The highest BCUT2D eigenvalue weighted by atomic mass is 15.2. The van der Waals surface area contributed by atoms with Gasteiger partial charge in [0.25, 0.3) is 0 Å². The molecular formula is C10H21N3. The lowest BCUT2D eigenvalue weighted by atomic mass is 9.97. The number of rotatable bonds is 1. The van der Waals surface area contributed by atoms with Crippen molar-refractivity contribution in [3.8, 4) is 0 Å². The fraction of sp³-hybridized carbons (Fsp3) is 0.900. The molecule has 0 aliphatic carbocycles. The third-order valence-electron chi connectivity index (χ3n) is 1.93. The predicted molar refractivity (Wildman–Crippen MR) is 57.0 cm³/mol. The number of aliphatic imine (C=N–C) groups is 1. The lowest BCUT2D eigenvalue weighted by Crippen LogP contribution is -2.41. The molecule has 0 fully saturated rings. The number of guanidine groups is 1. The molecule has 0 amide bonds. The standard InChI is InChI=1S/C10H21N3/c1-10(2,3)8-13-9-11-6-4-5-7-12-9/h4-8H2,1-3H3,(H2,11,12,13). The molecular weight excluding hydrogens is 162 g/mol. The Morgan fingerprint density at radius 1 is 1.38 bits per heavy atom. The molecule has 0 unspecified atom stereocenters.